The molecule has 2 unspecified atom stereocenters. The fraction of sp³-hybridized carbons (Fsp3) is 0.467. The summed E-state index contributed by atoms with van der Waals surface area (Å²) in [7, 11) is 0. The van der Waals surface area contributed by atoms with E-state index in [9.17, 15) is 14.1 Å². The van der Waals surface area contributed by atoms with Crippen LogP contribution in [0.3, 0.4) is 0 Å². The molecule has 1 fully saturated rings. The Morgan fingerprint density at radius 1 is 1.41 bits per heavy atom. The molecule has 1 saturated heterocycles. The van der Waals surface area contributed by atoms with Gasteiger partial charge in [-0.1, -0.05) is 0 Å². The number of nitrogens with two attached hydrogens (primary N) is 1. The van der Waals surface area contributed by atoms with Crippen LogP contribution in [0.5, 0.6) is 0 Å². The molecule has 2 amide bonds. The van der Waals surface area contributed by atoms with Gasteiger partial charge in [0.1, 0.15) is 0 Å². The van der Waals surface area contributed by atoms with Crippen molar-refractivity contribution in [2.45, 2.75) is 33.3 Å². The number of primary amides is 1. The van der Waals surface area contributed by atoms with Crippen molar-refractivity contribution in [3.8, 4) is 0 Å². The Labute approximate surface area is 133 Å². The summed E-state index contributed by atoms with van der Waals surface area (Å²) >= 11 is -2.15. The fourth-order valence-electron chi connectivity index (χ4n) is 2.58. The van der Waals surface area contributed by atoms with Gasteiger partial charge in [0.15, 0.2) is 0 Å². The number of carbonyl (C=O) groups excluding carboxylic acids is 2. The Kier molecular flexibility index (Phi) is 4.99. The van der Waals surface area contributed by atoms with Crippen molar-refractivity contribution in [1.82, 2.24) is 5.12 Å². The van der Waals surface area contributed by atoms with E-state index in [0.29, 0.717) is 0 Å². The third kappa shape index (κ3) is 3.91. The Balaban J connectivity index is 2.26. The molecule has 2 atom stereocenters. The summed E-state index contributed by atoms with van der Waals surface area (Å²) in [6.07, 6.45) is -1.69. The van der Waals surface area contributed by atoms with Gasteiger partial charge in [-0.2, -0.15) is 0 Å². The van der Waals surface area contributed by atoms with Gasteiger partial charge in [0, 0.05) is 0 Å². The van der Waals surface area contributed by atoms with Crippen LogP contribution in [0.25, 0.3) is 0 Å². The third-order valence-electron chi connectivity index (χ3n) is 3.87. The Hall–Kier alpha value is -1.31. The SMILES string of the molecule is [CH3][Sn]([CH3])([CH3])[c]1ccc(C(CC(N)=O)C2CN(F)C(=O)O2)cc1. The van der Waals surface area contributed by atoms with Crippen molar-refractivity contribution in [2.75, 3.05) is 6.54 Å². The summed E-state index contributed by atoms with van der Waals surface area (Å²) in [6.45, 7) is -0.183. The number of hydrogen-bond acceptors (Lipinski definition) is 3. The standard InChI is InChI=1S/C12H12FN2O3.3CH3.Sn/c13-15-7-10(18-12(15)17)9(6-11(14)16)8-4-2-1-3-5-8;;;;/h2-5,9-10H,6-7H2,(H2,14,16);3*1H3;. The Morgan fingerprint density at radius 2 is 2.00 bits per heavy atom. The van der Waals surface area contributed by atoms with Crippen LogP contribution in [-0.4, -0.2) is 48.1 Å². The van der Waals surface area contributed by atoms with E-state index >= 15 is 0 Å². The van der Waals surface area contributed by atoms with Gasteiger partial charge in [-0.3, -0.25) is 0 Å². The van der Waals surface area contributed by atoms with E-state index in [1.165, 1.54) is 3.58 Å². The first-order valence-electron chi connectivity index (χ1n) is 7.21. The van der Waals surface area contributed by atoms with Gasteiger partial charge >= 0.3 is 133 Å². The van der Waals surface area contributed by atoms with Gasteiger partial charge in [-0.25, -0.2) is 0 Å². The molecule has 2 rings (SSSR count). The molecule has 5 nitrogen and oxygen atoms in total. The number of hydrogen-bond donors (Lipinski definition) is 1. The maximum atomic E-state index is 13.3. The number of ether oxygens (including phenoxy) is 1. The van der Waals surface area contributed by atoms with Crippen molar-refractivity contribution in [3.05, 3.63) is 29.8 Å². The molecule has 120 valence electrons. The van der Waals surface area contributed by atoms with Crippen molar-refractivity contribution in [2.24, 2.45) is 5.73 Å². The molecule has 0 bridgehead atoms. The van der Waals surface area contributed by atoms with Crippen LogP contribution < -0.4 is 9.31 Å². The average Bonchev–Trinajstić information content (AvgIpc) is 2.75. The van der Waals surface area contributed by atoms with Crippen molar-refractivity contribution in [3.63, 3.8) is 0 Å². The molecule has 22 heavy (non-hydrogen) atoms. The first-order valence-corrected chi connectivity index (χ1v) is 17.2. The molecule has 0 aromatic heterocycles. The third-order valence-corrected chi connectivity index (χ3v) is 9.76. The van der Waals surface area contributed by atoms with Crippen LogP contribution in [0, 0.1) is 0 Å². The molecule has 1 heterocycles. The van der Waals surface area contributed by atoms with Crippen molar-refractivity contribution >= 4 is 34.0 Å². The first-order chi connectivity index (χ1) is 10.2. The summed E-state index contributed by atoms with van der Waals surface area (Å²) in [6, 6.07) is 7.98. The molecule has 1 aliphatic rings. The molecule has 7 heteroatoms. The second kappa shape index (κ2) is 6.44. The zero-order valence-corrected chi connectivity index (χ0v) is 15.9. The maximum absolute atomic E-state index is 13.3. The molecule has 0 radical (unpaired) electrons. The van der Waals surface area contributed by atoms with Crippen LogP contribution in [-0.2, 0) is 9.53 Å². The zero-order valence-electron chi connectivity index (χ0n) is 13.0. The van der Waals surface area contributed by atoms with E-state index in [1.54, 1.807) is 0 Å². The topological polar surface area (TPSA) is 72.6 Å². The number of benzene rings is 1. The van der Waals surface area contributed by atoms with Crippen LogP contribution >= 0.6 is 0 Å². The normalized spacial score (nSPS) is 19.9. The molecule has 0 aliphatic carbocycles. The van der Waals surface area contributed by atoms with Gasteiger partial charge < -0.3 is 0 Å². The van der Waals surface area contributed by atoms with Crippen molar-refractivity contribution in [1.29, 1.82) is 0 Å². The number of halogens is 1. The predicted octanol–water partition coefficient (Wildman–Crippen LogP) is 1.90. The van der Waals surface area contributed by atoms with E-state index in [2.05, 4.69) is 27.0 Å². The van der Waals surface area contributed by atoms with Crippen LogP contribution in [0.4, 0.5) is 9.28 Å². The number of rotatable bonds is 5. The molecule has 2 N–H and O–H groups in total. The van der Waals surface area contributed by atoms with E-state index in [4.69, 9.17) is 10.5 Å². The summed E-state index contributed by atoms with van der Waals surface area (Å²) in [5, 5.41) is 0.0264. The summed E-state index contributed by atoms with van der Waals surface area (Å²) < 4.78 is 19.6. The predicted molar refractivity (Wildman–Crippen MR) is 84.1 cm³/mol. The Bertz CT molecular complexity index is 571. The summed E-state index contributed by atoms with van der Waals surface area (Å²) in [5.74, 6) is -0.927. The fourth-order valence-corrected chi connectivity index (χ4v) is 5.91. The molecule has 1 aromatic rings. The van der Waals surface area contributed by atoms with E-state index < -0.39 is 42.4 Å². The molecule has 1 aliphatic heterocycles. The quantitative estimate of drug-likeness (QED) is 0.590. The van der Waals surface area contributed by atoms with Crippen LogP contribution in [0.2, 0.25) is 14.8 Å². The molecule has 1 aromatic carbocycles. The minimum atomic E-state index is -2.15. The first kappa shape index (κ1) is 17.0. The molecular formula is C15H21FN2O3Sn. The summed E-state index contributed by atoms with van der Waals surface area (Å²) in [5.41, 5.74) is 6.13. The number of amides is 2. The minimum absolute atomic E-state index is 0.0178. The van der Waals surface area contributed by atoms with Crippen molar-refractivity contribution < 1.29 is 18.8 Å². The van der Waals surface area contributed by atoms with E-state index in [-0.39, 0.29) is 18.1 Å². The monoisotopic (exact) mass is 416 g/mol. The number of carbonyl (C=O) groups is 2. The summed E-state index contributed by atoms with van der Waals surface area (Å²) in [4.78, 5) is 29.5. The van der Waals surface area contributed by atoms with Crippen LogP contribution in [0.1, 0.15) is 17.9 Å². The van der Waals surface area contributed by atoms with Gasteiger partial charge in [-0.05, 0) is 0 Å². The molecule has 0 spiro atoms. The number of nitrogens with zero attached hydrogens (tertiary/aromatic N) is 1. The zero-order chi connectivity index (χ0) is 16.5. The molecular weight excluding hydrogens is 394 g/mol. The number of cyclic esters (lactones) is 1. The van der Waals surface area contributed by atoms with E-state index in [0.717, 1.165) is 5.56 Å². The molecule has 0 saturated carbocycles. The second-order valence-electron chi connectivity index (χ2n) is 6.62. The van der Waals surface area contributed by atoms with Crippen LogP contribution in [0.15, 0.2) is 24.3 Å². The van der Waals surface area contributed by atoms with E-state index in [1.807, 2.05) is 12.1 Å². The van der Waals surface area contributed by atoms with Gasteiger partial charge in [0.2, 0.25) is 0 Å². The average molecular weight is 415 g/mol. The van der Waals surface area contributed by atoms with Gasteiger partial charge in [0.05, 0.1) is 0 Å². The van der Waals surface area contributed by atoms with Gasteiger partial charge in [0.25, 0.3) is 0 Å². The Morgan fingerprint density at radius 3 is 2.41 bits per heavy atom. The van der Waals surface area contributed by atoms with Gasteiger partial charge in [-0.15, -0.1) is 0 Å². The second-order valence-corrected chi connectivity index (χ2v) is 21.1.